The standard InChI is InChI=1S/C2H2O4.2CHNO.F2HO2P.K.H/c3-1(4)2(5)6;2*2-1-3;1-5(2,3)4;;/h(H,3,4)(H,5,6);2*2H;(H,3,4);;. The van der Waals surface area contributed by atoms with Crippen molar-refractivity contribution in [1.29, 1.82) is 10.8 Å². The fraction of sp³-hybridized carbons (Fsp3) is 0. The molecule has 0 fully saturated rings. The van der Waals surface area contributed by atoms with Crippen LogP contribution in [0.15, 0.2) is 0 Å². The molecule has 0 heterocycles. The average Bonchev–Trinajstić information content (AvgIpc) is 2.03. The molecule has 100 valence electrons. The predicted molar refractivity (Wildman–Crippen MR) is 51.3 cm³/mol. The van der Waals surface area contributed by atoms with Crippen molar-refractivity contribution in [2.45, 2.75) is 0 Å². The summed E-state index contributed by atoms with van der Waals surface area (Å²) >= 11 is 0. The van der Waals surface area contributed by atoms with Crippen LogP contribution in [-0.2, 0) is 23.7 Å². The number of nitrogens with one attached hydrogen (secondary N) is 2. The molecule has 0 aliphatic rings. The first kappa shape index (κ1) is 30.4. The summed E-state index contributed by atoms with van der Waals surface area (Å²) in [7, 11) is -5.64. The molecule has 0 aliphatic heterocycles. The van der Waals surface area contributed by atoms with Crippen LogP contribution in [0.2, 0.25) is 0 Å². The van der Waals surface area contributed by atoms with Crippen LogP contribution in [0.3, 0.4) is 0 Å². The predicted octanol–water partition coefficient (Wildman–Crippen LogP) is -0.665. The number of carbonyl (C=O) groups excluding carboxylic acids is 2. The Kier molecular flexibility index (Phi) is 36.6. The van der Waals surface area contributed by atoms with Gasteiger partial charge in [0.2, 0.25) is 12.2 Å². The molecule has 0 amide bonds. The zero-order valence-corrected chi connectivity index (χ0v) is 8.48. The first-order chi connectivity index (χ1) is 7.47. The third-order valence-corrected chi connectivity index (χ3v) is 0.183. The van der Waals surface area contributed by atoms with Crippen molar-refractivity contribution in [1.82, 2.24) is 0 Å². The molecule has 0 radical (unpaired) electrons. The van der Waals surface area contributed by atoms with E-state index in [1.807, 2.05) is 0 Å². The van der Waals surface area contributed by atoms with Gasteiger partial charge in [0, 0.05) is 0 Å². The van der Waals surface area contributed by atoms with Gasteiger partial charge in [0.1, 0.15) is 0 Å². The molecule has 0 unspecified atom stereocenters. The average molecular weight is 318 g/mol. The van der Waals surface area contributed by atoms with Gasteiger partial charge in [0.25, 0.3) is 0 Å². The van der Waals surface area contributed by atoms with E-state index in [0.29, 0.717) is 0 Å². The second-order valence-electron chi connectivity index (χ2n) is 1.25. The van der Waals surface area contributed by atoms with Gasteiger partial charge in [0.15, 0.2) is 0 Å². The molecule has 0 rings (SSSR count). The fourth-order valence-corrected chi connectivity index (χ4v) is 0. The Morgan fingerprint density at radius 3 is 1.06 bits per heavy atom. The Bertz CT molecular complexity index is 313. The molecule has 0 aromatic carbocycles. The number of halogens is 2. The van der Waals surface area contributed by atoms with E-state index in [-0.39, 0.29) is 51.4 Å². The molecule has 0 bridgehead atoms. The van der Waals surface area contributed by atoms with Crippen LogP contribution >= 0.6 is 7.99 Å². The molecule has 0 aromatic rings. The monoisotopic (exact) mass is 318 g/mol. The second-order valence-corrected chi connectivity index (χ2v) is 2.12. The van der Waals surface area contributed by atoms with Crippen LogP contribution in [0.5, 0.6) is 0 Å². The Hall–Kier alpha value is -0.614. The fourth-order valence-electron chi connectivity index (χ4n) is 0. The second kappa shape index (κ2) is 21.6. The summed E-state index contributed by atoms with van der Waals surface area (Å²) in [5, 5.41) is 25.6. The number of isocyanates is 2. The van der Waals surface area contributed by atoms with Crippen LogP contribution in [0, 0.1) is 10.8 Å². The van der Waals surface area contributed by atoms with E-state index in [1.165, 1.54) is 0 Å². The summed E-state index contributed by atoms with van der Waals surface area (Å²) in [5.41, 5.74) is 0. The first-order valence-corrected chi connectivity index (χ1v) is 4.18. The minimum atomic E-state index is -5.64. The maximum absolute atomic E-state index is 10.1. The van der Waals surface area contributed by atoms with Gasteiger partial charge < -0.3 is 10.2 Å². The van der Waals surface area contributed by atoms with E-state index in [4.69, 9.17) is 49.7 Å². The molecular formula is C4H6F2KN2O8P. The van der Waals surface area contributed by atoms with Crippen molar-refractivity contribution >= 4 is 83.5 Å². The molecule has 0 saturated heterocycles. The third kappa shape index (κ3) is 278. The van der Waals surface area contributed by atoms with Crippen LogP contribution in [0.1, 0.15) is 0 Å². The summed E-state index contributed by atoms with van der Waals surface area (Å²) in [6, 6.07) is 0. The molecule has 14 heteroatoms. The van der Waals surface area contributed by atoms with Crippen molar-refractivity contribution < 1.29 is 47.2 Å². The van der Waals surface area contributed by atoms with Gasteiger partial charge in [-0.25, -0.2) is 34.6 Å². The summed E-state index contributed by atoms with van der Waals surface area (Å²) in [6.07, 6.45) is 1.50. The number of carboxylic acids is 2. The Balaban J connectivity index is -0.0000000429. The molecule has 0 aromatic heterocycles. The molecule has 5 N–H and O–H groups in total. The summed E-state index contributed by atoms with van der Waals surface area (Å²) in [5.74, 6) is -3.65. The van der Waals surface area contributed by atoms with Gasteiger partial charge in [-0.3, -0.25) is 4.89 Å². The first-order valence-electron chi connectivity index (χ1n) is 2.73. The number of carboxylic acid groups (broad SMARTS) is 2. The zero-order valence-electron chi connectivity index (χ0n) is 7.59. The SMILES string of the molecule is N=C=O.N=C=O.O=C(O)C(=O)O.O=P(O)(F)F.[KH]. The Labute approximate surface area is 140 Å². The van der Waals surface area contributed by atoms with Crippen LogP contribution in [0.4, 0.5) is 8.39 Å². The number of aliphatic carboxylic acids is 2. The van der Waals surface area contributed by atoms with E-state index in [0.717, 1.165) is 12.2 Å². The van der Waals surface area contributed by atoms with Gasteiger partial charge in [-0.15, -0.1) is 8.39 Å². The van der Waals surface area contributed by atoms with Crippen molar-refractivity contribution in [3.63, 3.8) is 0 Å². The Morgan fingerprint density at radius 2 is 1.06 bits per heavy atom. The van der Waals surface area contributed by atoms with Gasteiger partial charge in [0.05, 0.1) is 0 Å². The molecule has 0 aliphatic carbocycles. The summed E-state index contributed by atoms with van der Waals surface area (Å²) in [6.45, 7) is 0. The van der Waals surface area contributed by atoms with Crippen molar-refractivity contribution in [2.75, 3.05) is 0 Å². The number of rotatable bonds is 0. The normalized spacial score (nSPS) is 6.61. The van der Waals surface area contributed by atoms with Crippen LogP contribution in [0.25, 0.3) is 0 Å². The minimum absolute atomic E-state index is 0. The molecule has 0 atom stereocenters. The molecule has 10 nitrogen and oxygen atoms in total. The molecule has 18 heavy (non-hydrogen) atoms. The van der Waals surface area contributed by atoms with E-state index in [1.54, 1.807) is 0 Å². The maximum atomic E-state index is 10.1. The van der Waals surface area contributed by atoms with Gasteiger partial charge in [-0.1, -0.05) is 0 Å². The number of hydrogen-bond acceptors (Lipinski definition) is 7. The van der Waals surface area contributed by atoms with Gasteiger partial charge >= 0.3 is 71.3 Å². The molecule has 0 saturated carbocycles. The van der Waals surface area contributed by atoms with Crippen molar-refractivity contribution in [3.8, 4) is 0 Å². The number of carbonyl (C=O) groups is 2. The summed E-state index contributed by atoms with van der Waals surface area (Å²) < 4.78 is 28.7. The van der Waals surface area contributed by atoms with Gasteiger partial charge in [-0.05, 0) is 0 Å². The Morgan fingerprint density at radius 1 is 1.00 bits per heavy atom. The quantitative estimate of drug-likeness (QED) is 0.127. The van der Waals surface area contributed by atoms with E-state index < -0.39 is 19.9 Å². The molecule has 0 spiro atoms. The van der Waals surface area contributed by atoms with E-state index >= 15 is 0 Å². The van der Waals surface area contributed by atoms with Crippen LogP contribution < -0.4 is 0 Å². The third-order valence-electron chi connectivity index (χ3n) is 0.183. The topological polar surface area (TPSA) is 194 Å². The van der Waals surface area contributed by atoms with E-state index in [9.17, 15) is 8.39 Å². The zero-order chi connectivity index (χ0) is 15.1. The van der Waals surface area contributed by atoms with E-state index in [2.05, 4.69) is 0 Å². The van der Waals surface area contributed by atoms with Gasteiger partial charge in [-0.2, -0.15) is 0 Å². The number of hydrogen-bond donors (Lipinski definition) is 5. The van der Waals surface area contributed by atoms with Crippen molar-refractivity contribution in [2.24, 2.45) is 0 Å². The van der Waals surface area contributed by atoms with Crippen molar-refractivity contribution in [3.05, 3.63) is 0 Å². The molecular weight excluding hydrogens is 312 g/mol. The summed E-state index contributed by atoms with van der Waals surface area (Å²) in [4.78, 5) is 41.6. The van der Waals surface area contributed by atoms with Crippen LogP contribution in [-0.4, -0.2) is 90.6 Å².